The van der Waals surface area contributed by atoms with Crippen molar-refractivity contribution in [3.63, 3.8) is 0 Å². The Hall–Kier alpha value is 0.591. The van der Waals surface area contributed by atoms with Crippen LogP contribution in [0.1, 0.15) is 25.8 Å². The number of benzene rings is 1. The Morgan fingerprint density at radius 1 is 1.11 bits per heavy atom. The summed E-state index contributed by atoms with van der Waals surface area (Å²) in [5, 5.41) is 0. The topological polar surface area (TPSA) is 0 Å². The van der Waals surface area contributed by atoms with Gasteiger partial charge in [-0.3, -0.25) is 0 Å². The Morgan fingerprint density at radius 3 is 2.33 bits per heavy atom. The molecule has 2 rings (SSSR count). The number of hydrogen-bond acceptors (Lipinski definition) is 0. The van der Waals surface area contributed by atoms with Crippen molar-refractivity contribution in [1.29, 1.82) is 0 Å². The summed E-state index contributed by atoms with van der Waals surface area (Å²) in [6.45, 7) is 4.57. The van der Waals surface area contributed by atoms with E-state index >= 15 is 0 Å². The Balaban J connectivity index is 0.00000144. The number of rotatable bonds is 4. The molecule has 0 amide bonds. The van der Waals surface area contributed by atoms with Crippen molar-refractivity contribution in [2.45, 2.75) is 26.3 Å². The van der Waals surface area contributed by atoms with Gasteiger partial charge in [-0.25, -0.2) is 0 Å². The zero-order valence-electron chi connectivity index (χ0n) is 10.8. The normalized spacial score (nSPS) is 14.0. The van der Waals surface area contributed by atoms with Crippen LogP contribution >= 0.6 is 0 Å². The molecule has 0 fully saturated rings. The maximum Gasteiger partial charge on any atom is -1.00 e. The van der Waals surface area contributed by atoms with Crippen LogP contribution in [0.3, 0.4) is 0 Å². The van der Waals surface area contributed by atoms with Crippen molar-refractivity contribution in [3.8, 4) is 0 Å². The first-order valence-electron chi connectivity index (χ1n) is 5.92. The summed E-state index contributed by atoms with van der Waals surface area (Å²) in [5.41, 5.74) is 4.71. The van der Waals surface area contributed by atoms with Gasteiger partial charge in [-0.2, -0.15) is 0 Å². The van der Waals surface area contributed by atoms with Gasteiger partial charge in [0, 0.05) is 0 Å². The first kappa shape index (κ1) is 18.6. The van der Waals surface area contributed by atoms with E-state index in [2.05, 4.69) is 50.3 Å². The molecule has 0 saturated carbocycles. The quantitative estimate of drug-likeness (QED) is 0.454. The van der Waals surface area contributed by atoms with Gasteiger partial charge in [-0.05, 0) is 0 Å². The molecule has 96 valence electrons. The molecule has 0 spiro atoms. The third-order valence-corrected chi connectivity index (χ3v) is 10.0. The molecular weight excluding hydrogens is 404 g/mol. The average molecular weight is 422 g/mol. The molecule has 0 aliphatic heterocycles. The molecule has 0 N–H and O–H groups in total. The molecule has 0 unspecified atom stereocenters. The second-order valence-electron chi connectivity index (χ2n) is 4.36. The first-order chi connectivity index (χ1) is 7.77. The van der Waals surface area contributed by atoms with Gasteiger partial charge in [0.05, 0.1) is 0 Å². The van der Waals surface area contributed by atoms with Crippen LogP contribution in [0.5, 0.6) is 0 Å². The van der Waals surface area contributed by atoms with Gasteiger partial charge in [-0.15, -0.1) is 0 Å². The van der Waals surface area contributed by atoms with Crippen LogP contribution in [0.25, 0.3) is 0 Å². The smallest absolute Gasteiger partial charge is 1.00 e. The van der Waals surface area contributed by atoms with E-state index < -0.39 is 0 Å². The molecule has 1 aromatic carbocycles. The summed E-state index contributed by atoms with van der Waals surface area (Å²) in [4.78, 5) is 0. The van der Waals surface area contributed by atoms with Crippen molar-refractivity contribution in [1.82, 2.24) is 0 Å². The molecule has 0 nitrogen and oxygen atoms in total. The average Bonchev–Trinajstić information content (AvgIpc) is 2.62. The summed E-state index contributed by atoms with van der Waals surface area (Å²) in [7, 11) is 0.163. The maximum atomic E-state index is 2.41. The Morgan fingerprint density at radius 2 is 1.78 bits per heavy atom. The van der Waals surface area contributed by atoms with E-state index in [1.807, 2.05) is 3.88 Å². The fraction of sp³-hybridized carbons (Fsp3) is 0.286. The van der Waals surface area contributed by atoms with Crippen LogP contribution in [0, 0.1) is 0 Å². The van der Waals surface area contributed by atoms with Crippen LogP contribution in [0.15, 0.2) is 51.4 Å². The predicted octanol–water partition coefficient (Wildman–Crippen LogP) is -3.02. The molecular formula is C14H18Br2SiTi. The predicted molar refractivity (Wildman–Crippen MR) is 69.8 cm³/mol. The minimum absolute atomic E-state index is 0. The number of halogens is 2. The minimum Gasteiger partial charge on any atom is -1.00 e. The number of hydrogen-bond donors (Lipinski definition) is 0. The van der Waals surface area contributed by atoms with Crippen LogP contribution in [-0.4, -0.2) is 7.39 Å². The van der Waals surface area contributed by atoms with E-state index in [9.17, 15) is 0 Å². The zero-order valence-corrected chi connectivity index (χ0v) is 17.0. The molecule has 0 radical (unpaired) electrons. The standard InChI is InChI=1S/C7H9Si.C7H9.2BrH.Ti/c8-6-7-4-2-1-3-5-7;1-6-4-3-5-7(6)2;;;/h1-5H,6,8H2;4H,3H2,1-2H3;2*1H;/q;;;;+2/p-2. The summed E-state index contributed by atoms with van der Waals surface area (Å²) in [6, 6.07) is 12.4. The summed E-state index contributed by atoms with van der Waals surface area (Å²) in [6.07, 6.45) is 3.69. The second-order valence-corrected chi connectivity index (χ2v) is 10.7. The van der Waals surface area contributed by atoms with Crippen molar-refractivity contribution in [2.24, 2.45) is 0 Å². The summed E-state index contributed by atoms with van der Waals surface area (Å²) < 4.78 is 1.83. The van der Waals surface area contributed by atoms with Crippen LogP contribution in [-0.2, 0) is 24.5 Å². The van der Waals surface area contributed by atoms with E-state index in [0.717, 1.165) is 0 Å². The van der Waals surface area contributed by atoms with Crippen molar-refractivity contribution >= 4 is 7.39 Å². The molecule has 1 aliphatic rings. The van der Waals surface area contributed by atoms with Crippen LogP contribution in [0.4, 0.5) is 0 Å². The zero-order chi connectivity index (χ0) is 11.4. The minimum atomic E-state index is 0. The molecule has 18 heavy (non-hydrogen) atoms. The van der Waals surface area contributed by atoms with Gasteiger partial charge in [0.25, 0.3) is 0 Å². The third kappa shape index (κ3) is 5.30. The molecule has 4 heteroatoms. The molecule has 0 aromatic heterocycles. The van der Waals surface area contributed by atoms with Crippen molar-refractivity contribution in [3.05, 3.63) is 57.0 Å². The molecule has 0 heterocycles. The molecule has 0 saturated heterocycles. The monoisotopic (exact) mass is 420 g/mol. The maximum absolute atomic E-state index is 2.41. The van der Waals surface area contributed by atoms with E-state index in [4.69, 9.17) is 0 Å². The Kier molecular flexibility index (Phi) is 9.80. The first-order valence-corrected chi connectivity index (χ1v) is 11.7. The summed E-state index contributed by atoms with van der Waals surface area (Å²) in [5.74, 6) is 0. The van der Waals surface area contributed by atoms with E-state index in [1.165, 1.54) is 18.0 Å². The number of allylic oxidation sites excluding steroid dienone is 4. The van der Waals surface area contributed by atoms with Gasteiger partial charge < -0.3 is 34.0 Å². The molecule has 1 aromatic rings. The molecule has 0 bridgehead atoms. The summed E-state index contributed by atoms with van der Waals surface area (Å²) >= 11 is 0.258. The van der Waals surface area contributed by atoms with Crippen molar-refractivity contribution < 1.29 is 52.4 Å². The van der Waals surface area contributed by atoms with Gasteiger partial charge in [0.1, 0.15) is 0 Å². The fourth-order valence-electron chi connectivity index (χ4n) is 2.01. The van der Waals surface area contributed by atoms with Gasteiger partial charge in [0.2, 0.25) is 0 Å². The second kappa shape index (κ2) is 9.49. The Labute approximate surface area is 142 Å². The molecule has 1 aliphatic carbocycles. The van der Waals surface area contributed by atoms with E-state index in [0.29, 0.717) is 0 Å². The fourth-order valence-corrected chi connectivity index (χ4v) is 9.20. The third-order valence-electron chi connectivity index (χ3n) is 3.25. The molecule has 0 atom stereocenters. The van der Waals surface area contributed by atoms with E-state index in [-0.39, 0.29) is 59.8 Å². The van der Waals surface area contributed by atoms with E-state index in [1.54, 1.807) is 11.1 Å². The Bertz CT molecular complexity index is 427. The van der Waals surface area contributed by atoms with Gasteiger partial charge in [0.15, 0.2) is 0 Å². The largest absolute Gasteiger partial charge is 1.00 e. The SMILES string of the molecule is CC1=CC[C]([Ti+2][SiH2]Cc2ccccc2)=C1C.[Br-].[Br-]. The van der Waals surface area contributed by atoms with Crippen molar-refractivity contribution in [2.75, 3.05) is 0 Å². The van der Waals surface area contributed by atoms with Gasteiger partial charge >= 0.3 is 109 Å². The van der Waals surface area contributed by atoms with Crippen LogP contribution in [0.2, 0.25) is 0 Å². The van der Waals surface area contributed by atoms with Crippen LogP contribution < -0.4 is 34.0 Å². The van der Waals surface area contributed by atoms with Gasteiger partial charge in [-0.1, -0.05) is 0 Å².